The Morgan fingerprint density at radius 2 is 0.726 bits per heavy atom. The first-order valence-electron chi connectivity index (χ1n) is 29.0. The van der Waals surface area contributed by atoms with Gasteiger partial charge in [-0.15, -0.1) is 0 Å². The first-order chi connectivity index (χ1) is 35.4. The molecule has 0 aliphatic carbocycles. The average molecular weight is 1040 g/mol. The number of hydrogen-bond acceptors (Lipinski definition) is 15. The molecule has 2 heterocycles. The molecule has 73 heavy (non-hydrogen) atoms. The molecule has 2 saturated heterocycles. The van der Waals surface area contributed by atoms with E-state index >= 15 is 0 Å². The van der Waals surface area contributed by atoms with Gasteiger partial charge in [0.25, 0.3) is 0 Å². The van der Waals surface area contributed by atoms with Gasteiger partial charge in [-0.3, -0.25) is 28.8 Å². The van der Waals surface area contributed by atoms with Crippen molar-refractivity contribution in [3.63, 3.8) is 0 Å². The fourth-order valence-corrected chi connectivity index (χ4v) is 9.12. The molecule has 2 aliphatic heterocycles. The molecular formula is C57H100N2O14. The molecule has 0 saturated carbocycles. The number of piperidine rings is 1. The molecule has 3 atom stereocenters. The zero-order valence-corrected chi connectivity index (χ0v) is 46.3. The van der Waals surface area contributed by atoms with Gasteiger partial charge in [0.2, 0.25) is 0 Å². The van der Waals surface area contributed by atoms with Crippen molar-refractivity contribution in [1.82, 2.24) is 9.80 Å². The fourth-order valence-electron chi connectivity index (χ4n) is 9.12. The molecule has 0 bridgehead atoms. The molecule has 0 aromatic carbocycles. The van der Waals surface area contributed by atoms with Crippen LogP contribution in [0.4, 0.5) is 4.79 Å². The highest BCUT2D eigenvalue weighted by Gasteiger charge is 2.42. The van der Waals surface area contributed by atoms with Gasteiger partial charge < -0.3 is 43.0 Å². The topological polar surface area (TPSA) is 191 Å². The SMILES string of the molecule is CCCCCCCCC(=O)OCC(COC(=O)CCCCCCCC)CC(=O)O[C@H]1CN(C(=O)OC2CCCN(C)C2)C[C@@H]1OC(=O)CC(COC(=O)CCCCCCCC)COC(=O)CCCCCCCC. The van der Waals surface area contributed by atoms with Crippen LogP contribution in [0.15, 0.2) is 0 Å². The van der Waals surface area contributed by atoms with Gasteiger partial charge in [0.1, 0.15) is 6.10 Å². The van der Waals surface area contributed by atoms with Gasteiger partial charge in [-0.2, -0.15) is 0 Å². The molecule has 16 nitrogen and oxygen atoms in total. The van der Waals surface area contributed by atoms with E-state index in [1.165, 1.54) is 4.90 Å². The van der Waals surface area contributed by atoms with Crippen LogP contribution in [0.2, 0.25) is 0 Å². The zero-order valence-electron chi connectivity index (χ0n) is 46.3. The van der Waals surface area contributed by atoms with E-state index in [0.29, 0.717) is 38.6 Å². The summed E-state index contributed by atoms with van der Waals surface area (Å²) in [6.45, 7) is 9.16. The maximum absolute atomic E-state index is 13.8. The molecule has 1 unspecified atom stereocenters. The number of esters is 6. The van der Waals surface area contributed by atoms with Crippen LogP contribution in [0, 0.1) is 11.8 Å². The monoisotopic (exact) mass is 1040 g/mol. The van der Waals surface area contributed by atoms with Crippen molar-refractivity contribution < 1.29 is 66.7 Å². The van der Waals surface area contributed by atoms with Crippen molar-refractivity contribution in [3.8, 4) is 0 Å². The highest BCUT2D eigenvalue weighted by Crippen LogP contribution is 2.24. The fraction of sp³-hybridized carbons (Fsp3) is 0.877. The van der Waals surface area contributed by atoms with Gasteiger partial charge in [0, 0.05) is 44.1 Å². The number of hydrogen-bond donors (Lipinski definition) is 0. The normalized spacial score (nSPS) is 16.9. The predicted octanol–water partition coefficient (Wildman–Crippen LogP) is 11.5. The number of unbranched alkanes of at least 4 members (excludes halogenated alkanes) is 20. The molecule has 0 aromatic heterocycles. The van der Waals surface area contributed by atoms with E-state index in [1.807, 2.05) is 7.05 Å². The summed E-state index contributed by atoms with van der Waals surface area (Å²) in [6.07, 6.45) is 23.0. The minimum absolute atomic E-state index is 0.119. The van der Waals surface area contributed by atoms with E-state index in [4.69, 9.17) is 33.2 Å². The van der Waals surface area contributed by atoms with Gasteiger partial charge in [0.15, 0.2) is 12.2 Å². The lowest BCUT2D eigenvalue weighted by Gasteiger charge is -2.30. The Hall–Kier alpha value is -3.95. The Bertz CT molecular complexity index is 1370. The van der Waals surface area contributed by atoms with Crippen LogP contribution in [0.25, 0.3) is 0 Å². The van der Waals surface area contributed by atoms with Crippen LogP contribution < -0.4 is 0 Å². The number of carbonyl (C=O) groups excluding carboxylic acids is 7. The van der Waals surface area contributed by atoms with Crippen molar-refractivity contribution in [2.45, 2.75) is 251 Å². The minimum Gasteiger partial charge on any atom is -0.465 e. The van der Waals surface area contributed by atoms with Crippen molar-refractivity contribution in [1.29, 1.82) is 0 Å². The molecule has 0 aromatic rings. The number of rotatable bonds is 43. The summed E-state index contributed by atoms with van der Waals surface area (Å²) in [4.78, 5) is 95.9. The van der Waals surface area contributed by atoms with E-state index in [9.17, 15) is 33.6 Å². The molecule has 0 N–H and O–H groups in total. The summed E-state index contributed by atoms with van der Waals surface area (Å²) < 4.78 is 40.3. The molecular weight excluding hydrogens is 937 g/mol. The molecule has 2 aliphatic rings. The van der Waals surface area contributed by atoms with Crippen LogP contribution >= 0.6 is 0 Å². The van der Waals surface area contributed by atoms with Gasteiger partial charge in [-0.05, 0) is 52.1 Å². The summed E-state index contributed by atoms with van der Waals surface area (Å²) in [6, 6.07) is 0. The number of carbonyl (C=O) groups is 7. The van der Waals surface area contributed by atoms with E-state index in [0.717, 1.165) is 141 Å². The van der Waals surface area contributed by atoms with Gasteiger partial charge >= 0.3 is 41.9 Å². The lowest BCUT2D eigenvalue weighted by atomic mass is 10.1. The maximum Gasteiger partial charge on any atom is 0.410 e. The third-order valence-electron chi connectivity index (χ3n) is 13.7. The number of amides is 1. The minimum atomic E-state index is -1.09. The van der Waals surface area contributed by atoms with E-state index in [2.05, 4.69) is 32.6 Å². The van der Waals surface area contributed by atoms with Crippen LogP contribution in [0.3, 0.4) is 0 Å². The largest absolute Gasteiger partial charge is 0.465 e. The lowest BCUT2D eigenvalue weighted by Crippen LogP contribution is -2.41. The van der Waals surface area contributed by atoms with E-state index < -0.39 is 66.0 Å². The second-order valence-electron chi connectivity index (χ2n) is 20.8. The third kappa shape index (κ3) is 33.6. The molecule has 2 fully saturated rings. The first kappa shape index (κ1) is 65.2. The number of nitrogens with zero attached hydrogens (tertiary/aromatic N) is 2. The smallest absolute Gasteiger partial charge is 0.410 e. The van der Waals surface area contributed by atoms with E-state index in [1.54, 1.807) is 0 Å². The maximum atomic E-state index is 13.8. The predicted molar refractivity (Wildman–Crippen MR) is 280 cm³/mol. The van der Waals surface area contributed by atoms with Crippen LogP contribution in [-0.4, -0.2) is 130 Å². The Morgan fingerprint density at radius 1 is 0.411 bits per heavy atom. The second kappa shape index (κ2) is 42.3. The molecule has 16 heteroatoms. The summed E-state index contributed by atoms with van der Waals surface area (Å²) in [5.41, 5.74) is 0. The lowest BCUT2D eigenvalue weighted by molar-refractivity contribution is -0.167. The van der Waals surface area contributed by atoms with E-state index in [-0.39, 0.29) is 84.1 Å². The summed E-state index contributed by atoms with van der Waals surface area (Å²) in [7, 11) is 1.96. The van der Waals surface area contributed by atoms with Crippen molar-refractivity contribution >= 4 is 41.9 Å². The quantitative estimate of drug-likeness (QED) is 0.0318. The Balaban J connectivity index is 2.19. The zero-order chi connectivity index (χ0) is 53.3. The Labute approximate surface area is 440 Å². The highest BCUT2D eigenvalue weighted by atomic mass is 16.6. The van der Waals surface area contributed by atoms with Crippen LogP contribution in [0.5, 0.6) is 0 Å². The number of ether oxygens (including phenoxy) is 7. The average Bonchev–Trinajstić information content (AvgIpc) is 3.76. The van der Waals surface area contributed by atoms with Gasteiger partial charge in [-0.1, -0.05) is 156 Å². The molecule has 0 radical (unpaired) electrons. The molecule has 1 amide bonds. The highest BCUT2D eigenvalue weighted by molar-refractivity contribution is 5.74. The molecule has 2 rings (SSSR count). The van der Waals surface area contributed by atoms with Crippen molar-refractivity contribution in [2.24, 2.45) is 11.8 Å². The van der Waals surface area contributed by atoms with Crippen molar-refractivity contribution in [3.05, 3.63) is 0 Å². The summed E-state index contributed by atoms with van der Waals surface area (Å²) in [5.74, 6) is -4.45. The third-order valence-corrected chi connectivity index (χ3v) is 13.7. The number of likely N-dealkylation sites (N-methyl/N-ethyl adjacent to an activating group) is 1. The Morgan fingerprint density at radius 3 is 1.04 bits per heavy atom. The molecule has 422 valence electrons. The van der Waals surface area contributed by atoms with Crippen LogP contribution in [-0.2, 0) is 61.9 Å². The van der Waals surface area contributed by atoms with Gasteiger partial charge in [-0.25, -0.2) is 4.79 Å². The second-order valence-corrected chi connectivity index (χ2v) is 20.8. The first-order valence-corrected chi connectivity index (χ1v) is 29.0. The summed E-state index contributed by atoms with van der Waals surface area (Å²) >= 11 is 0. The standard InChI is InChI=1S/C57H100N2O14/c1-6-10-14-18-22-26-32-51(60)67-42-46(43-68-52(61)33-27-23-19-15-11-7-2)37-55(64)72-49-40-59(57(66)71-48-31-30-36-58(5)39-48)41-50(49)73-56(65)38-47(44-69-53(62)34-28-24-20-16-12-8-3)45-70-54(63)35-29-25-21-17-13-9-4/h46-50H,6-45H2,1-5H3/t48?,49-,50-/m0/s1. The van der Waals surface area contributed by atoms with Gasteiger partial charge in [0.05, 0.1) is 52.4 Å². The van der Waals surface area contributed by atoms with Crippen molar-refractivity contribution in [2.75, 3.05) is 59.7 Å². The molecule has 0 spiro atoms. The number of likely N-dealkylation sites (tertiary alicyclic amines) is 2. The van der Waals surface area contributed by atoms with Crippen LogP contribution in [0.1, 0.15) is 233 Å². The summed E-state index contributed by atoms with van der Waals surface area (Å²) in [5, 5.41) is 0. The Kier molecular flexibility index (Phi) is 37.8.